The summed E-state index contributed by atoms with van der Waals surface area (Å²) in [6.07, 6.45) is 2.98. The summed E-state index contributed by atoms with van der Waals surface area (Å²) in [6, 6.07) is 29.3. The van der Waals surface area contributed by atoms with Crippen molar-refractivity contribution in [3.05, 3.63) is 90.5 Å². The Morgan fingerprint density at radius 2 is 1.48 bits per heavy atom. The molecule has 2 N–H and O–H groups in total. The smallest absolute Gasteiger partial charge is 0.319 e. The predicted octanol–water partition coefficient (Wildman–Crippen LogP) is 4.83. The Hall–Kier alpha value is -2.40. The van der Waals surface area contributed by atoms with Crippen LogP contribution in [0.15, 0.2) is 84.9 Å². The summed E-state index contributed by atoms with van der Waals surface area (Å²) < 4.78 is 7.12. The van der Waals surface area contributed by atoms with Crippen LogP contribution in [0.3, 0.4) is 0 Å². The van der Waals surface area contributed by atoms with E-state index in [1.54, 1.807) is 0 Å². The maximum Gasteiger partial charge on any atom is 0.319 e. The lowest BCUT2D eigenvalue weighted by Gasteiger charge is -2.43. The van der Waals surface area contributed by atoms with E-state index in [0.29, 0.717) is 19.3 Å². The topological polar surface area (TPSA) is 49.7 Å². The second-order valence-electron chi connectivity index (χ2n) is 10.5. The van der Waals surface area contributed by atoms with Crippen molar-refractivity contribution < 1.29 is 14.6 Å². The third-order valence-corrected chi connectivity index (χ3v) is 12.0. The Bertz CT molecular complexity index is 1010. The molecule has 0 saturated heterocycles. The largest absolute Gasteiger partial charge is 0.534 e. The summed E-state index contributed by atoms with van der Waals surface area (Å²) in [4.78, 5) is 0. The van der Waals surface area contributed by atoms with Crippen molar-refractivity contribution in [1.29, 1.82) is 0 Å². The van der Waals surface area contributed by atoms with Crippen LogP contribution in [0, 0.1) is 0 Å². The second kappa shape index (κ2) is 9.45. The first-order chi connectivity index (χ1) is 15.7. The Labute approximate surface area is 199 Å². The van der Waals surface area contributed by atoms with Crippen molar-refractivity contribution in [3.63, 3.8) is 0 Å². The van der Waals surface area contributed by atoms with Crippen LogP contribution in [0.5, 0.6) is 5.75 Å². The van der Waals surface area contributed by atoms with Crippen molar-refractivity contribution in [2.24, 2.45) is 0 Å². The van der Waals surface area contributed by atoms with Gasteiger partial charge in [0.1, 0.15) is 5.75 Å². The molecular formula is C29H36O3Si. The van der Waals surface area contributed by atoms with Gasteiger partial charge >= 0.3 is 8.32 Å². The lowest BCUT2D eigenvalue weighted by atomic mass is 9.78. The monoisotopic (exact) mass is 460 g/mol. The molecule has 0 heterocycles. The molecule has 3 nitrogen and oxygen atoms in total. The van der Waals surface area contributed by atoms with Gasteiger partial charge in [0.05, 0.1) is 11.7 Å². The van der Waals surface area contributed by atoms with Crippen LogP contribution >= 0.6 is 0 Å². The third kappa shape index (κ3) is 4.79. The normalized spacial score (nSPS) is 21.5. The lowest BCUT2D eigenvalue weighted by molar-refractivity contribution is -0.0988. The van der Waals surface area contributed by atoms with Crippen LogP contribution in [0.25, 0.3) is 0 Å². The molecule has 2 atom stereocenters. The standard InChI is InChI=1S/C29H36O3Si/c1-28(2,3)33(25-15-6-4-7-16-25,26-17-8-5-9-18-26)32-24-14-12-13-23(21-24)22-29(31)20-11-10-19-27(29)30/h4-9,12-18,21,27,30-31H,10-11,19-20,22H2,1-3H3/t27-,29-/m1/s1. The van der Waals surface area contributed by atoms with Gasteiger partial charge in [-0.05, 0) is 45.9 Å². The van der Waals surface area contributed by atoms with E-state index in [9.17, 15) is 10.2 Å². The number of aliphatic hydroxyl groups excluding tert-OH is 1. The average Bonchev–Trinajstić information content (AvgIpc) is 2.80. The maximum atomic E-state index is 11.1. The Morgan fingerprint density at radius 3 is 2.03 bits per heavy atom. The van der Waals surface area contributed by atoms with Gasteiger partial charge in [0, 0.05) is 6.42 Å². The molecule has 0 spiro atoms. The van der Waals surface area contributed by atoms with E-state index in [0.717, 1.165) is 24.2 Å². The van der Waals surface area contributed by atoms with Crippen LogP contribution in [0.4, 0.5) is 0 Å². The van der Waals surface area contributed by atoms with Crippen LogP contribution < -0.4 is 14.8 Å². The molecule has 4 rings (SSSR count). The molecule has 3 aromatic carbocycles. The van der Waals surface area contributed by atoms with Crippen LogP contribution in [0.2, 0.25) is 5.04 Å². The summed E-state index contributed by atoms with van der Waals surface area (Å²) in [6.45, 7) is 6.80. The molecular weight excluding hydrogens is 424 g/mol. The number of hydrogen-bond donors (Lipinski definition) is 2. The molecule has 174 valence electrons. The molecule has 1 saturated carbocycles. The molecule has 1 fully saturated rings. The molecule has 0 amide bonds. The van der Waals surface area contributed by atoms with E-state index in [4.69, 9.17) is 4.43 Å². The fraction of sp³-hybridized carbons (Fsp3) is 0.379. The Balaban J connectivity index is 1.76. The molecule has 4 heteroatoms. The Kier molecular flexibility index (Phi) is 6.80. The number of hydrogen-bond acceptors (Lipinski definition) is 3. The first-order valence-corrected chi connectivity index (χ1v) is 13.9. The summed E-state index contributed by atoms with van der Waals surface area (Å²) in [5.74, 6) is 0.815. The summed E-state index contributed by atoms with van der Waals surface area (Å²) in [5.41, 5.74) is -0.0669. The SMILES string of the molecule is CC(C)(C)[Si](Oc1cccc(C[C@]2(O)CCCC[C@H]2O)c1)(c1ccccc1)c1ccccc1. The zero-order valence-electron chi connectivity index (χ0n) is 20.0. The number of rotatable bonds is 6. The average molecular weight is 461 g/mol. The number of aliphatic hydroxyl groups is 2. The van der Waals surface area contributed by atoms with Crippen LogP contribution in [-0.4, -0.2) is 30.2 Å². The highest BCUT2D eigenvalue weighted by molar-refractivity contribution is 7.00. The van der Waals surface area contributed by atoms with Gasteiger partial charge in [-0.3, -0.25) is 0 Å². The van der Waals surface area contributed by atoms with E-state index in [-0.39, 0.29) is 5.04 Å². The van der Waals surface area contributed by atoms with Crippen LogP contribution in [-0.2, 0) is 6.42 Å². The summed E-state index contributed by atoms with van der Waals surface area (Å²) >= 11 is 0. The molecule has 3 aromatic rings. The highest BCUT2D eigenvalue weighted by atomic mass is 28.4. The Morgan fingerprint density at radius 1 is 0.879 bits per heavy atom. The van der Waals surface area contributed by atoms with Crippen molar-refractivity contribution in [2.45, 2.75) is 69.6 Å². The minimum absolute atomic E-state index is 0.122. The van der Waals surface area contributed by atoms with Gasteiger partial charge < -0.3 is 14.6 Å². The van der Waals surface area contributed by atoms with Gasteiger partial charge in [-0.1, -0.05) is 106 Å². The molecule has 1 aliphatic carbocycles. The molecule has 0 radical (unpaired) electrons. The van der Waals surface area contributed by atoms with E-state index in [2.05, 4.69) is 75.4 Å². The van der Waals surface area contributed by atoms with Crippen molar-refractivity contribution in [3.8, 4) is 5.75 Å². The minimum atomic E-state index is -2.71. The van der Waals surface area contributed by atoms with Gasteiger partial charge in [0.15, 0.2) is 0 Å². The fourth-order valence-electron chi connectivity index (χ4n) is 5.31. The first kappa shape index (κ1) is 23.7. The highest BCUT2D eigenvalue weighted by Crippen LogP contribution is 2.38. The maximum absolute atomic E-state index is 11.1. The number of benzene rings is 3. The minimum Gasteiger partial charge on any atom is -0.534 e. The molecule has 33 heavy (non-hydrogen) atoms. The van der Waals surface area contributed by atoms with Gasteiger partial charge in [0.25, 0.3) is 0 Å². The quantitative estimate of drug-likeness (QED) is 0.518. The summed E-state index contributed by atoms with van der Waals surface area (Å²) in [5, 5.41) is 23.9. The third-order valence-electron chi connectivity index (χ3n) is 7.05. The van der Waals surface area contributed by atoms with Gasteiger partial charge in [-0.15, -0.1) is 0 Å². The van der Waals surface area contributed by atoms with E-state index < -0.39 is 20.0 Å². The zero-order valence-corrected chi connectivity index (χ0v) is 21.0. The first-order valence-electron chi connectivity index (χ1n) is 12.0. The van der Waals surface area contributed by atoms with Gasteiger partial charge in [-0.2, -0.15) is 0 Å². The van der Waals surface area contributed by atoms with E-state index in [1.807, 2.05) is 30.3 Å². The lowest BCUT2D eigenvalue weighted by Crippen LogP contribution is -2.68. The fourth-order valence-corrected chi connectivity index (χ4v) is 9.72. The molecule has 0 aromatic heterocycles. The molecule has 1 aliphatic rings. The van der Waals surface area contributed by atoms with Crippen molar-refractivity contribution in [2.75, 3.05) is 0 Å². The highest BCUT2D eigenvalue weighted by Gasteiger charge is 2.52. The summed E-state index contributed by atoms with van der Waals surface area (Å²) in [7, 11) is -2.71. The van der Waals surface area contributed by atoms with E-state index in [1.165, 1.54) is 10.4 Å². The van der Waals surface area contributed by atoms with Gasteiger partial charge in [0.2, 0.25) is 0 Å². The van der Waals surface area contributed by atoms with Crippen molar-refractivity contribution in [1.82, 2.24) is 0 Å². The molecule has 0 aliphatic heterocycles. The van der Waals surface area contributed by atoms with Crippen molar-refractivity contribution >= 4 is 18.7 Å². The zero-order chi connectivity index (χ0) is 23.5. The molecule has 0 bridgehead atoms. The second-order valence-corrected chi connectivity index (χ2v) is 14.7. The predicted molar refractivity (Wildman–Crippen MR) is 138 cm³/mol. The van der Waals surface area contributed by atoms with E-state index >= 15 is 0 Å². The molecule has 0 unspecified atom stereocenters. The van der Waals surface area contributed by atoms with Crippen LogP contribution in [0.1, 0.15) is 52.0 Å². The van der Waals surface area contributed by atoms with Gasteiger partial charge in [-0.25, -0.2) is 0 Å².